The number of hydrogen-bond donors (Lipinski definition) is 1. The van der Waals surface area contributed by atoms with Crippen molar-refractivity contribution < 1.29 is 9.59 Å². The van der Waals surface area contributed by atoms with Gasteiger partial charge in [-0.25, -0.2) is 9.97 Å². The predicted octanol–water partition coefficient (Wildman–Crippen LogP) is 1.84. The van der Waals surface area contributed by atoms with Gasteiger partial charge in [-0.3, -0.25) is 14.9 Å². The van der Waals surface area contributed by atoms with E-state index < -0.39 is 11.8 Å². The van der Waals surface area contributed by atoms with Crippen LogP contribution in [0.25, 0.3) is 0 Å². The molecule has 0 aromatic carbocycles. The van der Waals surface area contributed by atoms with Gasteiger partial charge < -0.3 is 4.90 Å². The van der Waals surface area contributed by atoms with Crippen molar-refractivity contribution in [1.29, 1.82) is 0 Å². The van der Waals surface area contributed by atoms with Crippen LogP contribution in [0.15, 0.2) is 18.5 Å². The van der Waals surface area contributed by atoms with Crippen molar-refractivity contribution in [2.75, 3.05) is 11.9 Å². The molecule has 0 spiro atoms. The Balaban J connectivity index is 1.72. The normalized spacial score (nSPS) is 29.2. The molecule has 2 fully saturated rings. The summed E-state index contributed by atoms with van der Waals surface area (Å²) in [6, 6.07) is 1.81. The molecule has 2 heterocycles. The lowest BCUT2D eigenvalue weighted by atomic mass is 9.65. The van der Waals surface area contributed by atoms with Crippen LogP contribution in [0.4, 0.5) is 5.95 Å². The summed E-state index contributed by atoms with van der Waals surface area (Å²) in [5.74, 6) is -0.964. The summed E-state index contributed by atoms with van der Waals surface area (Å²) in [5, 5.41) is 2.48. The molecule has 118 valence electrons. The zero-order valence-electron chi connectivity index (χ0n) is 13.3. The molecule has 1 N–H and O–H groups in total. The smallest absolute Gasteiger partial charge is 0.316 e. The van der Waals surface area contributed by atoms with Gasteiger partial charge in [-0.2, -0.15) is 0 Å². The van der Waals surface area contributed by atoms with Crippen molar-refractivity contribution in [3.05, 3.63) is 18.5 Å². The summed E-state index contributed by atoms with van der Waals surface area (Å²) >= 11 is 0. The summed E-state index contributed by atoms with van der Waals surface area (Å²) in [5.41, 5.74) is 0.331. The number of likely N-dealkylation sites (tertiary alicyclic amines) is 1. The molecule has 2 aliphatic rings. The summed E-state index contributed by atoms with van der Waals surface area (Å²) in [6.45, 7) is 7.35. The molecule has 2 amide bonds. The highest BCUT2D eigenvalue weighted by atomic mass is 16.2. The zero-order chi connectivity index (χ0) is 16.0. The summed E-state index contributed by atoms with van der Waals surface area (Å²) in [4.78, 5) is 34.3. The average Bonchev–Trinajstić information content (AvgIpc) is 2.68. The molecule has 22 heavy (non-hydrogen) atoms. The number of nitrogens with zero attached hydrogens (tertiary/aromatic N) is 3. The Hall–Kier alpha value is -1.98. The maximum Gasteiger partial charge on any atom is 0.316 e. The number of rotatable bonds is 1. The lowest BCUT2D eigenvalue weighted by Crippen LogP contribution is -2.43. The summed E-state index contributed by atoms with van der Waals surface area (Å²) in [7, 11) is 0. The zero-order valence-corrected chi connectivity index (χ0v) is 13.3. The Bertz CT molecular complexity index is 601. The molecular weight excluding hydrogens is 280 g/mol. The Kier molecular flexibility index (Phi) is 3.42. The fourth-order valence-corrected chi connectivity index (χ4v) is 4.35. The van der Waals surface area contributed by atoms with Crippen LogP contribution in [0.5, 0.6) is 0 Å². The van der Waals surface area contributed by atoms with Crippen LogP contribution in [0, 0.1) is 10.8 Å². The van der Waals surface area contributed by atoms with Crippen molar-refractivity contribution in [3.63, 3.8) is 0 Å². The van der Waals surface area contributed by atoms with E-state index in [1.165, 1.54) is 12.4 Å². The quantitative estimate of drug-likeness (QED) is 0.803. The molecule has 0 radical (unpaired) electrons. The van der Waals surface area contributed by atoms with Gasteiger partial charge in [-0.1, -0.05) is 20.8 Å². The van der Waals surface area contributed by atoms with E-state index in [4.69, 9.17) is 0 Å². The molecule has 1 aromatic heterocycles. The Morgan fingerprint density at radius 3 is 2.59 bits per heavy atom. The van der Waals surface area contributed by atoms with Crippen molar-refractivity contribution in [1.82, 2.24) is 14.9 Å². The molecule has 2 atom stereocenters. The van der Waals surface area contributed by atoms with Crippen LogP contribution in [-0.2, 0) is 9.59 Å². The van der Waals surface area contributed by atoms with Crippen LogP contribution in [-0.4, -0.2) is 39.3 Å². The van der Waals surface area contributed by atoms with E-state index in [1.807, 2.05) is 0 Å². The first-order chi connectivity index (χ1) is 10.3. The third-order valence-corrected chi connectivity index (χ3v) is 4.66. The fraction of sp³-hybridized carbons (Fsp3) is 0.625. The molecule has 1 saturated heterocycles. The molecule has 6 heteroatoms. The average molecular weight is 302 g/mol. The minimum absolute atomic E-state index is 0.117. The highest BCUT2D eigenvalue weighted by Gasteiger charge is 2.51. The van der Waals surface area contributed by atoms with E-state index in [-0.39, 0.29) is 22.8 Å². The number of carbonyl (C=O) groups excluding carboxylic acids is 2. The second-order valence-electron chi connectivity index (χ2n) is 7.67. The lowest BCUT2D eigenvalue weighted by molar-refractivity contribution is -0.144. The maximum absolute atomic E-state index is 12.5. The van der Waals surface area contributed by atoms with Crippen molar-refractivity contribution in [2.45, 2.75) is 46.1 Å². The standard InChI is InChI=1S/C16H22N4O2/c1-15(2)7-11-8-16(3,9-15)10-20(11)13(22)12(21)19-14-17-5-4-6-18-14/h4-6,11H,7-10H2,1-3H3,(H,17,18,19,21). The first kappa shape index (κ1) is 14.9. The van der Waals surface area contributed by atoms with Crippen LogP contribution in [0.1, 0.15) is 40.0 Å². The highest BCUT2D eigenvalue weighted by molar-refractivity contribution is 6.39. The maximum atomic E-state index is 12.5. The van der Waals surface area contributed by atoms with E-state index in [0.717, 1.165) is 19.3 Å². The minimum Gasteiger partial charge on any atom is -0.331 e. The van der Waals surface area contributed by atoms with Gasteiger partial charge in [0, 0.05) is 25.0 Å². The Morgan fingerprint density at radius 1 is 1.23 bits per heavy atom. The number of anilines is 1. The van der Waals surface area contributed by atoms with Crippen molar-refractivity contribution >= 4 is 17.8 Å². The van der Waals surface area contributed by atoms with E-state index in [1.54, 1.807) is 11.0 Å². The van der Waals surface area contributed by atoms with Gasteiger partial charge in [0.25, 0.3) is 0 Å². The number of hydrogen-bond acceptors (Lipinski definition) is 4. The monoisotopic (exact) mass is 302 g/mol. The molecular formula is C16H22N4O2. The molecule has 1 saturated carbocycles. The highest BCUT2D eigenvalue weighted by Crippen LogP contribution is 2.52. The van der Waals surface area contributed by atoms with Crippen LogP contribution in [0.2, 0.25) is 0 Å². The molecule has 3 rings (SSSR count). The number of carbonyl (C=O) groups is 2. The number of nitrogens with one attached hydrogen (secondary N) is 1. The van der Waals surface area contributed by atoms with E-state index >= 15 is 0 Å². The summed E-state index contributed by atoms with van der Waals surface area (Å²) < 4.78 is 0. The van der Waals surface area contributed by atoms with E-state index in [0.29, 0.717) is 6.54 Å². The molecule has 1 aliphatic heterocycles. The van der Waals surface area contributed by atoms with E-state index in [2.05, 4.69) is 36.1 Å². The molecule has 2 unspecified atom stereocenters. The fourth-order valence-electron chi connectivity index (χ4n) is 4.35. The molecule has 1 aliphatic carbocycles. The topological polar surface area (TPSA) is 75.2 Å². The van der Waals surface area contributed by atoms with E-state index in [9.17, 15) is 9.59 Å². The SMILES string of the molecule is CC1(C)CC2CC(C)(CN2C(=O)C(=O)Nc2ncccn2)C1. The van der Waals surface area contributed by atoms with Gasteiger partial charge >= 0.3 is 11.8 Å². The van der Waals surface area contributed by atoms with Gasteiger partial charge in [0.15, 0.2) is 0 Å². The predicted molar refractivity (Wildman–Crippen MR) is 81.9 cm³/mol. The first-order valence-electron chi connectivity index (χ1n) is 7.67. The Morgan fingerprint density at radius 2 is 1.91 bits per heavy atom. The van der Waals surface area contributed by atoms with Crippen LogP contribution in [0.3, 0.4) is 0 Å². The first-order valence-corrected chi connectivity index (χ1v) is 7.67. The third kappa shape index (κ3) is 2.82. The second kappa shape index (κ2) is 5.04. The molecule has 1 aromatic rings. The van der Waals surface area contributed by atoms with Crippen molar-refractivity contribution in [3.8, 4) is 0 Å². The number of fused-ring (bicyclic) bond motifs is 2. The van der Waals surface area contributed by atoms with Gasteiger partial charge in [-0.05, 0) is 36.2 Å². The largest absolute Gasteiger partial charge is 0.331 e. The van der Waals surface area contributed by atoms with Gasteiger partial charge in [-0.15, -0.1) is 0 Å². The number of amides is 2. The van der Waals surface area contributed by atoms with Gasteiger partial charge in [0.2, 0.25) is 5.95 Å². The Labute approximate surface area is 130 Å². The minimum atomic E-state index is -0.653. The van der Waals surface area contributed by atoms with Crippen molar-refractivity contribution in [2.24, 2.45) is 10.8 Å². The molecule has 2 bridgehead atoms. The number of aromatic nitrogens is 2. The van der Waals surface area contributed by atoms with Crippen LogP contribution >= 0.6 is 0 Å². The lowest BCUT2D eigenvalue weighted by Gasteiger charge is -2.39. The molecule has 6 nitrogen and oxygen atoms in total. The summed E-state index contributed by atoms with van der Waals surface area (Å²) in [6.07, 6.45) is 6.07. The van der Waals surface area contributed by atoms with Gasteiger partial charge in [0.1, 0.15) is 0 Å². The second-order valence-corrected chi connectivity index (χ2v) is 7.67. The van der Waals surface area contributed by atoms with Gasteiger partial charge in [0.05, 0.1) is 0 Å². The third-order valence-electron chi connectivity index (χ3n) is 4.66. The van der Waals surface area contributed by atoms with Crippen LogP contribution < -0.4 is 5.32 Å².